The van der Waals surface area contributed by atoms with Gasteiger partial charge >= 0.3 is 0 Å². The Morgan fingerprint density at radius 1 is 1.29 bits per heavy atom. The molecule has 0 radical (unpaired) electrons. The summed E-state index contributed by atoms with van der Waals surface area (Å²) >= 11 is 1.50. The Morgan fingerprint density at radius 2 is 2.18 bits per heavy atom. The van der Waals surface area contributed by atoms with Crippen LogP contribution < -0.4 is 10.1 Å². The maximum absolute atomic E-state index is 5.45. The largest absolute Gasteiger partial charge is 0.466 e. The van der Waals surface area contributed by atoms with Crippen molar-refractivity contribution in [3.05, 3.63) is 5.01 Å². The maximum Gasteiger partial charge on any atom is 0.294 e. The summed E-state index contributed by atoms with van der Waals surface area (Å²) in [7, 11) is 0. The Bertz CT molecular complexity index is 328. The highest BCUT2D eigenvalue weighted by molar-refractivity contribution is 7.13. The normalized spacial score (nSPS) is 15.1. The van der Waals surface area contributed by atoms with Gasteiger partial charge in [-0.1, -0.05) is 18.3 Å². The van der Waals surface area contributed by atoms with Crippen molar-refractivity contribution in [1.82, 2.24) is 15.5 Å². The third-order valence-electron chi connectivity index (χ3n) is 2.37. The van der Waals surface area contributed by atoms with Crippen LogP contribution in [0.4, 0.5) is 0 Å². The van der Waals surface area contributed by atoms with Crippen molar-refractivity contribution in [2.45, 2.75) is 38.8 Å². The Labute approximate surface area is 106 Å². The second-order valence-corrected chi connectivity index (χ2v) is 5.10. The highest BCUT2D eigenvalue weighted by atomic mass is 32.1. The average molecular weight is 257 g/mol. The van der Waals surface area contributed by atoms with Crippen LogP contribution in [0.15, 0.2) is 0 Å². The van der Waals surface area contributed by atoms with Crippen LogP contribution in [-0.2, 0) is 11.3 Å². The predicted molar refractivity (Wildman–Crippen MR) is 66.4 cm³/mol. The van der Waals surface area contributed by atoms with Gasteiger partial charge in [-0.15, -0.1) is 10.2 Å². The molecule has 0 atom stereocenters. The number of aromatic nitrogens is 2. The molecule has 6 heteroatoms. The molecule has 96 valence electrons. The Morgan fingerprint density at radius 3 is 2.94 bits per heavy atom. The molecule has 17 heavy (non-hydrogen) atoms. The molecule has 2 rings (SSSR count). The van der Waals surface area contributed by atoms with Gasteiger partial charge < -0.3 is 14.8 Å². The van der Waals surface area contributed by atoms with Crippen molar-refractivity contribution >= 4 is 11.3 Å². The standard InChI is InChI=1S/C11H19N3O2S/c1-2-5-15-6-7-16-11-14-13-10(17-11)8-12-9-3-4-9/h9,12H,2-8H2,1H3. The lowest BCUT2D eigenvalue weighted by molar-refractivity contribution is 0.100. The second-order valence-electron chi connectivity index (χ2n) is 4.08. The molecule has 0 amide bonds. The van der Waals surface area contributed by atoms with E-state index in [0.717, 1.165) is 24.6 Å². The summed E-state index contributed by atoms with van der Waals surface area (Å²) in [5, 5.41) is 13.1. The summed E-state index contributed by atoms with van der Waals surface area (Å²) in [5.74, 6) is 0. The van der Waals surface area contributed by atoms with Crippen LogP contribution in [0.2, 0.25) is 0 Å². The fourth-order valence-electron chi connectivity index (χ4n) is 1.32. The highest BCUT2D eigenvalue weighted by Gasteiger charge is 2.20. The van der Waals surface area contributed by atoms with E-state index in [2.05, 4.69) is 22.4 Å². The molecule has 1 heterocycles. The third-order valence-corrected chi connectivity index (χ3v) is 3.21. The van der Waals surface area contributed by atoms with Gasteiger partial charge in [-0.2, -0.15) is 0 Å². The number of hydrogen-bond acceptors (Lipinski definition) is 6. The quantitative estimate of drug-likeness (QED) is 0.681. The smallest absolute Gasteiger partial charge is 0.294 e. The summed E-state index contributed by atoms with van der Waals surface area (Å²) in [6, 6.07) is 0.700. The number of ether oxygens (including phenoxy) is 2. The van der Waals surface area contributed by atoms with E-state index in [1.54, 1.807) is 0 Å². The monoisotopic (exact) mass is 257 g/mol. The van der Waals surface area contributed by atoms with Crippen molar-refractivity contribution in [2.24, 2.45) is 0 Å². The second kappa shape index (κ2) is 6.88. The molecule has 1 fully saturated rings. The van der Waals surface area contributed by atoms with Gasteiger partial charge in [0.25, 0.3) is 5.19 Å². The molecule has 5 nitrogen and oxygen atoms in total. The molecule has 1 saturated carbocycles. The molecule has 0 bridgehead atoms. The predicted octanol–water partition coefficient (Wildman–Crippen LogP) is 1.60. The maximum atomic E-state index is 5.45. The molecule has 0 saturated heterocycles. The molecule has 1 aliphatic carbocycles. The van der Waals surface area contributed by atoms with Crippen molar-refractivity contribution < 1.29 is 9.47 Å². The van der Waals surface area contributed by atoms with E-state index < -0.39 is 0 Å². The number of nitrogens with zero attached hydrogens (tertiary/aromatic N) is 2. The van der Waals surface area contributed by atoms with Crippen LogP contribution in [0.3, 0.4) is 0 Å². The molecule has 0 spiro atoms. The summed E-state index contributed by atoms with van der Waals surface area (Å²) in [6.07, 6.45) is 3.61. The van der Waals surface area contributed by atoms with E-state index in [0.29, 0.717) is 24.4 Å². The molecule has 1 aromatic heterocycles. The number of hydrogen-bond donors (Lipinski definition) is 1. The fraction of sp³-hybridized carbons (Fsp3) is 0.818. The number of nitrogens with one attached hydrogen (secondary N) is 1. The molecule has 0 aromatic carbocycles. The van der Waals surface area contributed by atoms with Gasteiger partial charge in [-0.3, -0.25) is 0 Å². The SMILES string of the molecule is CCCOCCOc1nnc(CNC2CC2)s1. The van der Waals surface area contributed by atoms with Crippen LogP contribution >= 0.6 is 11.3 Å². The number of rotatable bonds is 9. The van der Waals surface area contributed by atoms with E-state index in [-0.39, 0.29) is 0 Å². The van der Waals surface area contributed by atoms with Crippen LogP contribution in [0.5, 0.6) is 5.19 Å². The van der Waals surface area contributed by atoms with Crippen LogP contribution in [0.25, 0.3) is 0 Å². The summed E-state index contributed by atoms with van der Waals surface area (Å²) in [4.78, 5) is 0. The van der Waals surface area contributed by atoms with E-state index >= 15 is 0 Å². The minimum absolute atomic E-state index is 0.546. The Hall–Kier alpha value is -0.720. The first kappa shape index (κ1) is 12.7. The minimum Gasteiger partial charge on any atom is -0.466 e. The molecular formula is C11H19N3O2S. The van der Waals surface area contributed by atoms with Crippen LogP contribution in [0.1, 0.15) is 31.2 Å². The minimum atomic E-state index is 0.546. The summed E-state index contributed by atoms with van der Waals surface area (Å²) < 4.78 is 10.8. The molecule has 1 N–H and O–H groups in total. The van der Waals surface area contributed by atoms with Gasteiger partial charge in [0.2, 0.25) is 0 Å². The highest BCUT2D eigenvalue weighted by Crippen LogP contribution is 2.21. The zero-order valence-corrected chi connectivity index (χ0v) is 11.0. The summed E-state index contributed by atoms with van der Waals surface area (Å²) in [5.41, 5.74) is 0. The summed E-state index contributed by atoms with van der Waals surface area (Å²) in [6.45, 7) is 4.84. The molecule has 0 aliphatic heterocycles. The van der Waals surface area contributed by atoms with E-state index in [1.807, 2.05) is 0 Å². The third kappa shape index (κ3) is 4.97. The average Bonchev–Trinajstić information content (AvgIpc) is 3.06. The van der Waals surface area contributed by atoms with E-state index in [9.17, 15) is 0 Å². The first-order chi connectivity index (χ1) is 8.38. The zero-order chi connectivity index (χ0) is 11.9. The Balaban J connectivity index is 1.59. The van der Waals surface area contributed by atoms with E-state index in [4.69, 9.17) is 9.47 Å². The molecular weight excluding hydrogens is 238 g/mol. The van der Waals surface area contributed by atoms with Crippen molar-refractivity contribution in [3.63, 3.8) is 0 Å². The fourth-order valence-corrected chi connectivity index (χ4v) is 1.98. The van der Waals surface area contributed by atoms with Crippen LogP contribution in [0, 0.1) is 0 Å². The van der Waals surface area contributed by atoms with Crippen LogP contribution in [-0.4, -0.2) is 36.1 Å². The van der Waals surface area contributed by atoms with E-state index in [1.165, 1.54) is 24.2 Å². The van der Waals surface area contributed by atoms with Gasteiger partial charge in [-0.25, -0.2) is 0 Å². The lowest BCUT2D eigenvalue weighted by Gasteiger charge is -2.02. The lowest BCUT2D eigenvalue weighted by Crippen LogP contribution is -2.14. The van der Waals surface area contributed by atoms with Gasteiger partial charge in [0.15, 0.2) is 0 Å². The Kier molecular flexibility index (Phi) is 5.15. The first-order valence-electron chi connectivity index (χ1n) is 6.14. The topological polar surface area (TPSA) is 56.3 Å². The van der Waals surface area contributed by atoms with Gasteiger partial charge in [0, 0.05) is 12.6 Å². The van der Waals surface area contributed by atoms with Crippen molar-refractivity contribution in [3.8, 4) is 5.19 Å². The first-order valence-corrected chi connectivity index (χ1v) is 6.96. The lowest BCUT2D eigenvalue weighted by atomic mass is 10.5. The molecule has 1 aliphatic rings. The van der Waals surface area contributed by atoms with Crippen molar-refractivity contribution in [1.29, 1.82) is 0 Å². The van der Waals surface area contributed by atoms with Gasteiger partial charge in [-0.05, 0) is 19.3 Å². The van der Waals surface area contributed by atoms with Crippen molar-refractivity contribution in [2.75, 3.05) is 19.8 Å². The van der Waals surface area contributed by atoms with Gasteiger partial charge in [0.05, 0.1) is 13.2 Å². The zero-order valence-electron chi connectivity index (χ0n) is 10.1. The molecule has 1 aromatic rings. The molecule has 0 unspecified atom stereocenters. The van der Waals surface area contributed by atoms with Gasteiger partial charge in [0.1, 0.15) is 11.6 Å².